The van der Waals surface area contributed by atoms with Gasteiger partial charge in [0.1, 0.15) is 0 Å². The Morgan fingerprint density at radius 3 is 2.71 bits per heavy atom. The van der Waals surface area contributed by atoms with E-state index in [2.05, 4.69) is 15.4 Å². The Bertz CT molecular complexity index is 586. The van der Waals surface area contributed by atoms with Crippen molar-refractivity contribution < 1.29 is 13.6 Å². The lowest BCUT2D eigenvalue weighted by Crippen LogP contribution is -2.22. The second-order valence-electron chi connectivity index (χ2n) is 4.77. The maximum absolute atomic E-state index is 12.2. The number of hydrogen-bond acceptors (Lipinski definition) is 3. The fraction of sp³-hybridized carbons (Fsp3) is 0.357. The zero-order valence-corrected chi connectivity index (χ0v) is 11.5. The molecule has 0 saturated carbocycles. The number of anilines is 1. The second-order valence-corrected chi connectivity index (χ2v) is 4.77. The minimum Gasteiger partial charge on any atom is -0.309 e. The first-order chi connectivity index (χ1) is 10.0. The lowest BCUT2D eigenvalue weighted by Gasteiger charge is -2.09. The predicted molar refractivity (Wildman–Crippen MR) is 74.0 cm³/mol. The number of amides is 1. The van der Waals surface area contributed by atoms with Gasteiger partial charge in [0.05, 0.1) is 6.54 Å². The van der Waals surface area contributed by atoms with E-state index in [0.717, 1.165) is 5.56 Å². The van der Waals surface area contributed by atoms with Crippen molar-refractivity contribution in [1.29, 1.82) is 0 Å². The van der Waals surface area contributed by atoms with Crippen LogP contribution in [0.25, 0.3) is 0 Å². The molecule has 1 atom stereocenters. The summed E-state index contributed by atoms with van der Waals surface area (Å²) in [5.74, 6) is -0.852. The summed E-state index contributed by atoms with van der Waals surface area (Å²) in [4.78, 5) is 15.6. The van der Waals surface area contributed by atoms with Gasteiger partial charge in [0, 0.05) is 37.0 Å². The van der Waals surface area contributed by atoms with E-state index in [4.69, 9.17) is 0 Å². The van der Waals surface area contributed by atoms with E-state index in [1.165, 1.54) is 6.92 Å². The molecule has 21 heavy (non-hydrogen) atoms. The van der Waals surface area contributed by atoms with Crippen molar-refractivity contribution in [2.24, 2.45) is 5.92 Å². The second kappa shape index (κ2) is 6.92. The summed E-state index contributed by atoms with van der Waals surface area (Å²) in [5, 5.41) is 6.72. The Labute approximate surface area is 121 Å². The summed E-state index contributed by atoms with van der Waals surface area (Å²) in [6.07, 6.45) is 2.15. The van der Waals surface area contributed by atoms with Gasteiger partial charge in [-0.25, -0.2) is 8.78 Å². The Morgan fingerprint density at radius 2 is 2.05 bits per heavy atom. The number of pyridine rings is 1. The third-order valence-corrected chi connectivity index (χ3v) is 2.97. The van der Waals surface area contributed by atoms with Crippen LogP contribution < -0.4 is 5.32 Å². The number of hydrogen-bond donors (Lipinski definition) is 1. The topological polar surface area (TPSA) is 59.8 Å². The van der Waals surface area contributed by atoms with Crippen LogP contribution in [0.5, 0.6) is 0 Å². The first kappa shape index (κ1) is 15.1. The first-order valence-electron chi connectivity index (χ1n) is 6.56. The molecule has 0 fully saturated rings. The fourth-order valence-corrected chi connectivity index (χ4v) is 1.82. The summed E-state index contributed by atoms with van der Waals surface area (Å²) in [7, 11) is 0. The molecular formula is C14H16F2N4O. The van der Waals surface area contributed by atoms with Gasteiger partial charge < -0.3 is 5.32 Å². The van der Waals surface area contributed by atoms with Crippen LogP contribution in [-0.4, -0.2) is 27.1 Å². The molecule has 0 aliphatic carbocycles. The molecule has 112 valence electrons. The van der Waals surface area contributed by atoms with Crippen molar-refractivity contribution in [3.63, 3.8) is 0 Å². The molecule has 0 aliphatic rings. The highest BCUT2D eigenvalue weighted by atomic mass is 19.3. The molecule has 1 unspecified atom stereocenters. The van der Waals surface area contributed by atoms with Crippen molar-refractivity contribution in [3.05, 3.63) is 42.4 Å². The third-order valence-electron chi connectivity index (χ3n) is 2.97. The maximum atomic E-state index is 12.2. The molecule has 0 bridgehead atoms. The average Bonchev–Trinajstić information content (AvgIpc) is 2.86. The van der Waals surface area contributed by atoms with Crippen LogP contribution in [0.15, 0.2) is 36.8 Å². The molecule has 0 saturated heterocycles. The molecule has 0 spiro atoms. The lowest BCUT2D eigenvalue weighted by molar-refractivity contribution is -0.120. The van der Waals surface area contributed by atoms with Crippen molar-refractivity contribution in [2.45, 2.75) is 26.3 Å². The molecule has 2 aromatic heterocycles. The average molecular weight is 294 g/mol. The van der Waals surface area contributed by atoms with Crippen LogP contribution in [0.4, 0.5) is 14.6 Å². The Hall–Kier alpha value is -2.31. The van der Waals surface area contributed by atoms with Crippen molar-refractivity contribution in [3.8, 4) is 0 Å². The molecule has 2 aromatic rings. The molecule has 1 amide bonds. The third kappa shape index (κ3) is 4.62. The number of nitrogens with one attached hydrogen (secondary N) is 1. The first-order valence-corrected chi connectivity index (χ1v) is 6.56. The SMILES string of the molecule is CC(CC(F)F)C(=O)Nc1ccn(Cc2ccncc2)n1. The zero-order valence-electron chi connectivity index (χ0n) is 11.5. The van der Waals surface area contributed by atoms with Gasteiger partial charge in [0.25, 0.3) is 0 Å². The minimum absolute atomic E-state index is 0.357. The summed E-state index contributed by atoms with van der Waals surface area (Å²) in [5.41, 5.74) is 1.03. The number of alkyl halides is 2. The number of halogens is 2. The van der Waals surface area contributed by atoms with E-state index in [-0.39, 0.29) is 0 Å². The normalized spacial score (nSPS) is 12.4. The van der Waals surface area contributed by atoms with Crippen molar-refractivity contribution in [2.75, 3.05) is 5.32 Å². The van der Waals surface area contributed by atoms with Gasteiger partial charge in [-0.1, -0.05) is 6.92 Å². The van der Waals surface area contributed by atoms with E-state index < -0.39 is 24.7 Å². The molecule has 1 N–H and O–H groups in total. The molecular weight excluding hydrogens is 278 g/mol. The highest BCUT2D eigenvalue weighted by Crippen LogP contribution is 2.13. The Kier molecular flexibility index (Phi) is 4.97. The monoisotopic (exact) mass is 294 g/mol. The summed E-state index contributed by atoms with van der Waals surface area (Å²) in [6.45, 7) is 2.01. The molecule has 0 aliphatic heterocycles. The largest absolute Gasteiger partial charge is 0.309 e. The van der Waals surface area contributed by atoms with Crippen LogP contribution in [0, 0.1) is 5.92 Å². The van der Waals surface area contributed by atoms with Crippen LogP contribution in [0.2, 0.25) is 0 Å². The lowest BCUT2D eigenvalue weighted by atomic mass is 10.1. The molecule has 0 aromatic carbocycles. The van der Waals surface area contributed by atoms with Gasteiger partial charge in [-0.3, -0.25) is 14.5 Å². The van der Waals surface area contributed by atoms with Crippen molar-refractivity contribution in [1.82, 2.24) is 14.8 Å². The van der Waals surface area contributed by atoms with Gasteiger partial charge in [0.2, 0.25) is 12.3 Å². The van der Waals surface area contributed by atoms with E-state index in [9.17, 15) is 13.6 Å². The van der Waals surface area contributed by atoms with Crippen LogP contribution in [0.3, 0.4) is 0 Å². The number of rotatable bonds is 6. The van der Waals surface area contributed by atoms with Gasteiger partial charge in [0.15, 0.2) is 5.82 Å². The highest BCUT2D eigenvalue weighted by Gasteiger charge is 2.18. The smallest absolute Gasteiger partial charge is 0.239 e. The summed E-state index contributed by atoms with van der Waals surface area (Å²) in [6, 6.07) is 5.36. The Morgan fingerprint density at radius 1 is 1.33 bits per heavy atom. The number of carbonyl (C=O) groups is 1. The molecule has 5 nitrogen and oxygen atoms in total. The van der Waals surface area contributed by atoms with Gasteiger partial charge in [-0.2, -0.15) is 5.10 Å². The van der Waals surface area contributed by atoms with E-state index in [1.54, 1.807) is 29.3 Å². The quantitative estimate of drug-likeness (QED) is 0.890. The van der Waals surface area contributed by atoms with E-state index in [1.807, 2.05) is 12.1 Å². The molecule has 7 heteroatoms. The van der Waals surface area contributed by atoms with Gasteiger partial charge in [-0.05, 0) is 17.7 Å². The number of nitrogens with zero attached hydrogens (tertiary/aromatic N) is 3. The maximum Gasteiger partial charge on any atom is 0.239 e. The van der Waals surface area contributed by atoms with E-state index >= 15 is 0 Å². The molecule has 2 rings (SSSR count). The summed E-state index contributed by atoms with van der Waals surface area (Å²) < 4.78 is 26.1. The van der Waals surface area contributed by atoms with E-state index in [0.29, 0.717) is 12.4 Å². The van der Waals surface area contributed by atoms with Crippen molar-refractivity contribution >= 4 is 11.7 Å². The van der Waals surface area contributed by atoms with Crippen LogP contribution >= 0.6 is 0 Å². The van der Waals surface area contributed by atoms with Gasteiger partial charge in [-0.15, -0.1) is 0 Å². The minimum atomic E-state index is -2.49. The zero-order chi connectivity index (χ0) is 15.2. The molecule has 0 radical (unpaired) electrons. The Balaban J connectivity index is 1.92. The number of carbonyl (C=O) groups excluding carboxylic acids is 1. The van der Waals surface area contributed by atoms with Crippen LogP contribution in [-0.2, 0) is 11.3 Å². The number of aromatic nitrogens is 3. The predicted octanol–water partition coefficient (Wildman–Crippen LogP) is 2.56. The van der Waals surface area contributed by atoms with Crippen LogP contribution in [0.1, 0.15) is 18.9 Å². The van der Waals surface area contributed by atoms with Gasteiger partial charge >= 0.3 is 0 Å². The summed E-state index contributed by atoms with van der Waals surface area (Å²) >= 11 is 0. The molecule has 2 heterocycles. The standard InChI is InChI=1S/C14H16F2N4O/c1-10(8-12(15)16)14(21)18-13-4-7-20(19-13)9-11-2-5-17-6-3-11/h2-7,10,12H,8-9H2,1H3,(H,18,19,21). The fourth-order valence-electron chi connectivity index (χ4n) is 1.82. The highest BCUT2D eigenvalue weighted by molar-refractivity contribution is 5.91.